The number of rotatable bonds is 6. The second-order valence-electron chi connectivity index (χ2n) is 6.52. The Balaban J connectivity index is 1.68. The van der Waals surface area contributed by atoms with E-state index in [1.807, 2.05) is 13.0 Å². The zero-order valence-corrected chi connectivity index (χ0v) is 14.0. The zero-order valence-electron chi connectivity index (χ0n) is 14.0. The maximum absolute atomic E-state index is 12.0. The summed E-state index contributed by atoms with van der Waals surface area (Å²) in [4.78, 5) is 26.2. The summed E-state index contributed by atoms with van der Waals surface area (Å²) < 4.78 is 0. The van der Waals surface area contributed by atoms with Crippen molar-refractivity contribution in [3.05, 3.63) is 35.9 Å². The summed E-state index contributed by atoms with van der Waals surface area (Å²) in [5.41, 5.74) is 0.565. The topological polar surface area (TPSA) is 61.4 Å². The maximum Gasteiger partial charge on any atom is 0.251 e. The maximum atomic E-state index is 12.0. The molecule has 1 aliphatic rings. The summed E-state index contributed by atoms with van der Waals surface area (Å²) in [6.45, 7) is 7.36. The average molecular weight is 317 g/mol. The lowest BCUT2D eigenvalue weighted by atomic mass is 10.00. The van der Waals surface area contributed by atoms with Crippen LogP contribution in [0.3, 0.4) is 0 Å². The molecule has 1 saturated heterocycles. The molecule has 2 rings (SSSR count). The van der Waals surface area contributed by atoms with Crippen LogP contribution >= 0.6 is 0 Å². The Labute approximate surface area is 138 Å². The van der Waals surface area contributed by atoms with Gasteiger partial charge in [-0.3, -0.25) is 9.59 Å². The Bertz CT molecular complexity index is 518. The number of piperidine rings is 1. The molecule has 0 aromatic heterocycles. The smallest absolute Gasteiger partial charge is 0.251 e. The van der Waals surface area contributed by atoms with Gasteiger partial charge in [-0.2, -0.15) is 0 Å². The van der Waals surface area contributed by atoms with Gasteiger partial charge in [0.1, 0.15) is 0 Å². The fraction of sp³-hybridized carbons (Fsp3) is 0.556. The van der Waals surface area contributed by atoms with Crippen molar-refractivity contribution < 1.29 is 9.59 Å². The van der Waals surface area contributed by atoms with Crippen molar-refractivity contribution in [3.63, 3.8) is 0 Å². The molecule has 126 valence electrons. The van der Waals surface area contributed by atoms with Gasteiger partial charge in [-0.15, -0.1) is 0 Å². The molecule has 2 unspecified atom stereocenters. The molecule has 0 saturated carbocycles. The van der Waals surface area contributed by atoms with E-state index in [9.17, 15) is 9.59 Å². The van der Waals surface area contributed by atoms with Crippen molar-refractivity contribution in [2.75, 3.05) is 26.2 Å². The summed E-state index contributed by atoms with van der Waals surface area (Å²) in [5, 5.41) is 5.60. The van der Waals surface area contributed by atoms with E-state index in [1.165, 1.54) is 12.8 Å². The highest BCUT2D eigenvalue weighted by Crippen LogP contribution is 2.15. The van der Waals surface area contributed by atoms with Crippen LogP contribution in [0.1, 0.15) is 37.0 Å². The van der Waals surface area contributed by atoms with E-state index < -0.39 is 0 Å². The molecule has 0 aliphatic carbocycles. The van der Waals surface area contributed by atoms with Crippen LogP contribution in [-0.2, 0) is 4.79 Å². The van der Waals surface area contributed by atoms with Gasteiger partial charge in [0.15, 0.2) is 0 Å². The molecule has 0 bridgehead atoms. The number of hydrogen-bond acceptors (Lipinski definition) is 3. The first-order valence-electron chi connectivity index (χ1n) is 8.39. The van der Waals surface area contributed by atoms with E-state index in [0.717, 1.165) is 25.6 Å². The van der Waals surface area contributed by atoms with E-state index in [4.69, 9.17) is 0 Å². The van der Waals surface area contributed by atoms with E-state index >= 15 is 0 Å². The van der Waals surface area contributed by atoms with Crippen molar-refractivity contribution in [2.24, 2.45) is 5.92 Å². The molecule has 5 nitrogen and oxygen atoms in total. The van der Waals surface area contributed by atoms with Gasteiger partial charge in [0, 0.05) is 24.7 Å². The number of likely N-dealkylation sites (tertiary alicyclic amines) is 1. The van der Waals surface area contributed by atoms with Crippen molar-refractivity contribution in [2.45, 2.75) is 32.7 Å². The quantitative estimate of drug-likeness (QED) is 0.839. The predicted octanol–water partition coefficient (Wildman–Crippen LogP) is 1.65. The summed E-state index contributed by atoms with van der Waals surface area (Å²) in [5.74, 6) is 0.363. The second kappa shape index (κ2) is 8.67. The predicted molar refractivity (Wildman–Crippen MR) is 91.2 cm³/mol. The number of nitrogens with zero attached hydrogens (tertiary/aromatic N) is 1. The van der Waals surface area contributed by atoms with Gasteiger partial charge in [-0.05, 0) is 44.4 Å². The van der Waals surface area contributed by atoms with Crippen molar-refractivity contribution in [3.8, 4) is 0 Å². The summed E-state index contributed by atoms with van der Waals surface area (Å²) in [7, 11) is 0. The van der Waals surface area contributed by atoms with Crippen molar-refractivity contribution >= 4 is 11.8 Å². The molecule has 1 aliphatic heterocycles. The van der Waals surface area contributed by atoms with E-state index in [1.54, 1.807) is 24.3 Å². The monoisotopic (exact) mass is 317 g/mol. The highest BCUT2D eigenvalue weighted by atomic mass is 16.2. The fourth-order valence-electron chi connectivity index (χ4n) is 3.06. The van der Waals surface area contributed by atoms with Crippen LogP contribution in [0.25, 0.3) is 0 Å². The zero-order chi connectivity index (χ0) is 16.7. The molecule has 0 radical (unpaired) electrons. The van der Waals surface area contributed by atoms with Gasteiger partial charge in [-0.25, -0.2) is 0 Å². The largest absolute Gasteiger partial charge is 0.351 e. The van der Waals surface area contributed by atoms with Gasteiger partial charge < -0.3 is 15.5 Å². The first-order chi connectivity index (χ1) is 11.0. The summed E-state index contributed by atoms with van der Waals surface area (Å²) >= 11 is 0. The first-order valence-corrected chi connectivity index (χ1v) is 8.39. The molecule has 5 heteroatoms. The lowest BCUT2D eigenvalue weighted by Crippen LogP contribution is -2.47. The van der Waals surface area contributed by atoms with Gasteiger partial charge >= 0.3 is 0 Å². The first kappa shape index (κ1) is 17.5. The summed E-state index contributed by atoms with van der Waals surface area (Å²) in [6.07, 6.45) is 2.53. The minimum Gasteiger partial charge on any atom is -0.351 e. The molecular formula is C18H27N3O2. The van der Waals surface area contributed by atoms with Crippen LogP contribution in [0, 0.1) is 5.92 Å². The molecule has 1 aromatic rings. The Morgan fingerprint density at radius 3 is 2.74 bits per heavy atom. The lowest BCUT2D eigenvalue weighted by Gasteiger charge is -2.32. The Kier molecular flexibility index (Phi) is 6.59. The van der Waals surface area contributed by atoms with Gasteiger partial charge in [0.2, 0.25) is 5.91 Å². The molecule has 2 amide bonds. The molecule has 1 aromatic carbocycles. The highest BCUT2D eigenvalue weighted by Gasteiger charge is 2.19. The SMILES string of the molecule is CC1CCCN(CC(C)NC(=O)CNC(=O)c2ccccc2)C1. The molecule has 23 heavy (non-hydrogen) atoms. The molecule has 2 atom stereocenters. The number of carbonyl (C=O) groups is 2. The number of amides is 2. The standard InChI is InChI=1S/C18H27N3O2/c1-14-7-6-10-21(12-14)13-15(2)20-17(22)11-19-18(23)16-8-4-3-5-9-16/h3-5,8-9,14-15H,6-7,10-13H2,1-2H3,(H,19,23)(H,20,22). The van der Waals surface area contributed by atoms with Crippen molar-refractivity contribution in [1.29, 1.82) is 0 Å². The minimum absolute atomic E-state index is 0.00840. The van der Waals surface area contributed by atoms with Crippen LogP contribution in [-0.4, -0.2) is 48.9 Å². The van der Waals surface area contributed by atoms with Gasteiger partial charge in [0.25, 0.3) is 5.91 Å². The third-order valence-corrected chi connectivity index (χ3v) is 4.13. The Morgan fingerprint density at radius 2 is 2.04 bits per heavy atom. The molecule has 1 heterocycles. The third kappa shape index (κ3) is 6.02. The van der Waals surface area contributed by atoms with Crippen LogP contribution in [0.5, 0.6) is 0 Å². The normalized spacial score (nSPS) is 19.8. The molecule has 0 spiro atoms. The average Bonchev–Trinajstić information content (AvgIpc) is 2.53. The Hall–Kier alpha value is -1.88. The summed E-state index contributed by atoms with van der Waals surface area (Å²) in [6, 6.07) is 9.00. The van der Waals surface area contributed by atoms with Gasteiger partial charge in [0.05, 0.1) is 6.54 Å². The fourth-order valence-corrected chi connectivity index (χ4v) is 3.06. The number of hydrogen-bond donors (Lipinski definition) is 2. The van der Waals surface area contributed by atoms with Crippen LogP contribution in [0.15, 0.2) is 30.3 Å². The minimum atomic E-state index is -0.224. The molecule has 2 N–H and O–H groups in total. The Morgan fingerprint density at radius 1 is 1.30 bits per heavy atom. The van der Waals surface area contributed by atoms with Crippen LogP contribution in [0.4, 0.5) is 0 Å². The molecular weight excluding hydrogens is 290 g/mol. The van der Waals surface area contributed by atoms with Crippen LogP contribution < -0.4 is 10.6 Å². The lowest BCUT2D eigenvalue weighted by molar-refractivity contribution is -0.120. The van der Waals surface area contributed by atoms with E-state index in [0.29, 0.717) is 5.56 Å². The second-order valence-corrected chi connectivity index (χ2v) is 6.52. The number of carbonyl (C=O) groups excluding carboxylic acids is 2. The van der Waals surface area contributed by atoms with Gasteiger partial charge in [-0.1, -0.05) is 25.1 Å². The van der Waals surface area contributed by atoms with E-state index in [2.05, 4.69) is 22.5 Å². The number of nitrogens with one attached hydrogen (secondary N) is 2. The van der Waals surface area contributed by atoms with Crippen molar-refractivity contribution in [1.82, 2.24) is 15.5 Å². The number of benzene rings is 1. The van der Waals surface area contributed by atoms with E-state index in [-0.39, 0.29) is 24.4 Å². The third-order valence-electron chi connectivity index (χ3n) is 4.13. The van der Waals surface area contributed by atoms with Crippen LogP contribution in [0.2, 0.25) is 0 Å². The molecule has 1 fully saturated rings. The highest BCUT2D eigenvalue weighted by molar-refractivity contribution is 5.96.